The first-order chi connectivity index (χ1) is 12.7. The van der Waals surface area contributed by atoms with Crippen LogP contribution in [-0.2, 0) is 4.79 Å². The van der Waals surface area contributed by atoms with Crippen molar-refractivity contribution in [2.24, 2.45) is 5.10 Å². The third kappa shape index (κ3) is 4.66. The normalized spacial score (nSPS) is 12.2. The summed E-state index contributed by atoms with van der Waals surface area (Å²) in [5.74, 6) is 2.05. The minimum absolute atomic E-state index is 0.146. The van der Waals surface area contributed by atoms with E-state index in [-0.39, 0.29) is 19.3 Å². The summed E-state index contributed by atoms with van der Waals surface area (Å²) in [7, 11) is 0. The fourth-order valence-corrected chi connectivity index (χ4v) is 2.61. The molecule has 0 saturated carbocycles. The molecule has 1 N–H and O–H groups in total. The lowest BCUT2D eigenvalue weighted by Gasteiger charge is -2.08. The molecule has 26 heavy (non-hydrogen) atoms. The molecule has 8 heteroatoms. The molecular formula is C18H17BrN2O5. The quantitative estimate of drug-likeness (QED) is 0.549. The van der Waals surface area contributed by atoms with Gasteiger partial charge in [0.05, 0.1) is 12.8 Å². The van der Waals surface area contributed by atoms with Crippen LogP contribution in [0.1, 0.15) is 12.5 Å². The Balaban J connectivity index is 1.58. The fraction of sp³-hybridized carbons (Fsp3) is 0.222. The number of hydrazone groups is 1. The lowest BCUT2D eigenvalue weighted by atomic mass is 10.2. The highest BCUT2D eigenvalue weighted by Crippen LogP contribution is 2.37. The molecule has 3 rings (SSSR count). The van der Waals surface area contributed by atoms with Gasteiger partial charge < -0.3 is 18.9 Å². The molecule has 0 bridgehead atoms. The van der Waals surface area contributed by atoms with Crippen molar-refractivity contribution in [1.82, 2.24) is 5.43 Å². The molecule has 0 atom stereocenters. The van der Waals surface area contributed by atoms with Gasteiger partial charge in [-0.05, 0) is 31.2 Å². The maximum atomic E-state index is 11.9. The summed E-state index contributed by atoms with van der Waals surface area (Å²) in [6, 6.07) is 10.7. The SMILES string of the molecule is CCOc1cc2c(cc1/C=N\NC(=O)COc1cccc(Br)c1)OCO2. The highest BCUT2D eigenvalue weighted by atomic mass is 79.9. The van der Waals surface area contributed by atoms with Gasteiger partial charge in [-0.25, -0.2) is 5.43 Å². The van der Waals surface area contributed by atoms with Gasteiger partial charge in [-0.3, -0.25) is 4.79 Å². The highest BCUT2D eigenvalue weighted by molar-refractivity contribution is 9.10. The van der Waals surface area contributed by atoms with Gasteiger partial charge in [-0.1, -0.05) is 22.0 Å². The zero-order chi connectivity index (χ0) is 18.4. The summed E-state index contributed by atoms with van der Waals surface area (Å²) >= 11 is 3.34. The van der Waals surface area contributed by atoms with Crippen LogP contribution >= 0.6 is 15.9 Å². The van der Waals surface area contributed by atoms with Crippen LogP contribution in [0.2, 0.25) is 0 Å². The molecule has 1 aliphatic rings. The number of hydrogen-bond acceptors (Lipinski definition) is 6. The van der Waals surface area contributed by atoms with Gasteiger partial charge >= 0.3 is 0 Å². The first-order valence-corrected chi connectivity index (χ1v) is 8.71. The maximum Gasteiger partial charge on any atom is 0.277 e. The summed E-state index contributed by atoms with van der Waals surface area (Å²) in [6.07, 6.45) is 1.49. The lowest BCUT2D eigenvalue weighted by molar-refractivity contribution is -0.123. The minimum Gasteiger partial charge on any atom is -0.493 e. The summed E-state index contributed by atoms with van der Waals surface area (Å²) in [5.41, 5.74) is 3.09. The third-order valence-corrected chi connectivity index (χ3v) is 3.86. The van der Waals surface area contributed by atoms with Crippen LogP contribution in [0.4, 0.5) is 0 Å². The van der Waals surface area contributed by atoms with E-state index < -0.39 is 0 Å². The zero-order valence-corrected chi connectivity index (χ0v) is 15.6. The van der Waals surface area contributed by atoms with Crippen LogP contribution in [0.5, 0.6) is 23.0 Å². The van der Waals surface area contributed by atoms with Crippen molar-refractivity contribution in [1.29, 1.82) is 0 Å². The van der Waals surface area contributed by atoms with Crippen molar-refractivity contribution in [3.8, 4) is 23.0 Å². The molecular weight excluding hydrogens is 404 g/mol. The molecule has 7 nitrogen and oxygen atoms in total. The number of carbonyl (C=O) groups excluding carboxylic acids is 1. The first-order valence-electron chi connectivity index (χ1n) is 7.92. The standard InChI is InChI=1S/C18H17BrN2O5/c1-2-23-15-8-17-16(25-11-26-17)6-12(15)9-20-21-18(22)10-24-14-5-3-4-13(19)7-14/h3-9H,2,10-11H2,1H3,(H,21,22)/b20-9-. The van der Waals surface area contributed by atoms with Crippen LogP contribution in [0.3, 0.4) is 0 Å². The molecule has 136 valence electrons. The predicted octanol–water partition coefficient (Wildman–Crippen LogP) is 3.11. The fourth-order valence-electron chi connectivity index (χ4n) is 2.23. The van der Waals surface area contributed by atoms with E-state index in [1.54, 1.807) is 24.3 Å². The molecule has 0 saturated heterocycles. The van der Waals surface area contributed by atoms with Crippen LogP contribution in [0.25, 0.3) is 0 Å². The van der Waals surface area contributed by atoms with Crippen molar-refractivity contribution in [3.05, 3.63) is 46.4 Å². The average molecular weight is 421 g/mol. The second kappa shape index (κ2) is 8.57. The zero-order valence-electron chi connectivity index (χ0n) is 14.0. The first kappa shape index (κ1) is 18.1. The predicted molar refractivity (Wildman–Crippen MR) is 99.1 cm³/mol. The minimum atomic E-state index is -0.375. The summed E-state index contributed by atoms with van der Waals surface area (Å²) in [5, 5.41) is 3.95. The van der Waals surface area contributed by atoms with Gasteiger partial charge in [-0.2, -0.15) is 5.10 Å². The Kier molecular flexibility index (Phi) is 5.96. The Labute approximate surface area is 159 Å². The Morgan fingerprint density at radius 2 is 2.08 bits per heavy atom. The molecule has 2 aromatic rings. The molecule has 2 aromatic carbocycles. The molecule has 0 fully saturated rings. The number of carbonyl (C=O) groups is 1. The number of rotatable bonds is 7. The van der Waals surface area contributed by atoms with E-state index in [0.29, 0.717) is 35.2 Å². The number of ether oxygens (including phenoxy) is 4. The van der Waals surface area contributed by atoms with E-state index in [4.69, 9.17) is 18.9 Å². The van der Waals surface area contributed by atoms with Gasteiger partial charge in [0.2, 0.25) is 6.79 Å². The van der Waals surface area contributed by atoms with Gasteiger partial charge in [-0.15, -0.1) is 0 Å². The number of halogens is 1. The average Bonchev–Trinajstić information content (AvgIpc) is 3.07. The molecule has 0 spiro atoms. The number of nitrogens with one attached hydrogen (secondary N) is 1. The van der Waals surface area contributed by atoms with E-state index in [2.05, 4.69) is 26.5 Å². The monoisotopic (exact) mass is 420 g/mol. The van der Waals surface area contributed by atoms with Crippen molar-refractivity contribution in [3.63, 3.8) is 0 Å². The van der Waals surface area contributed by atoms with Gasteiger partial charge in [0.25, 0.3) is 5.91 Å². The van der Waals surface area contributed by atoms with Crippen LogP contribution in [-0.4, -0.2) is 32.1 Å². The highest BCUT2D eigenvalue weighted by Gasteiger charge is 2.17. The molecule has 0 aromatic heterocycles. The number of hydrogen-bond donors (Lipinski definition) is 1. The van der Waals surface area contributed by atoms with E-state index in [1.807, 2.05) is 19.1 Å². The van der Waals surface area contributed by atoms with Gasteiger partial charge in [0, 0.05) is 16.1 Å². The van der Waals surface area contributed by atoms with Crippen molar-refractivity contribution in [2.45, 2.75) is 6.92 Å². The summed E-state index contributed by atoms with van der Waals surface area (Å²) in [4.78, 5) is 11.9. The Morgan fingerprint density at radius 1 is 1.27 bits per heavy atom. The van der Waals surface area contributed by atoms with E-state index >= 15 is 0 Å². The molecule has 1 aliphatic heterocycles. The second-order valence-corrected chi connectivity index (χ2v) is 6.13. The van der Waals surface area contributed by atoms with Crippen LogP contribution in [0.15, 0.2) is 46.0 Å². The maximum absolute atomic E-state index is 11.9. The third-order valence-electron chi connectivity index (χ3n) is 3.36. The van der Waals surface area contributed by atoms with Crippen LogP contribution < -0.4 is 24.4 Å². The number of benzene rings is 2. The van der Waals surface area contributed by atoms with E-state index in [1.165, 1.54) is 6.21 Å². The van der Waals surface area contributed by atoms with Crippen LogP contribution in [0, 0.1) is 0 Å². The Bertz CT molecular complexity index is 825. The number of nitrogens with zero attached hydrogens (tertiary/aromatic N) is 1. The summed E-state index contributed by atoms with van der Waals surface area (Å²) < 4.78 is 22.5. The van der Waals surface area contributed by atoms with E-state index in [9.17, 15) is 4.79 Å². The number of fused-ring (bicyclic) bond motifs is 1. The lowest BCUT2D eigenvalue weighted by Crippen LogP contribution is -2.24. The van der Waals surface area contributed by atoms with Crippen molar-refractivity contribution >= 4 is 28.1 Å². The molecule has 0 unspecified atom stereocenters. The smallest absolute Gasteiger partial charge is 0.277 e. The topological polar surface area (TPSA) is 78.4 Å². The Morgan fingerprint density at radius 3 is 2.85 bits per heavy atom. The molecule has 1 heterocycles. The van der Waals surface area contributed by atoms with E-state index in [0.717, 1.165) is 4.47 Å². The van der Waals surface area contributed by atoms with Gasteiger partial charge in [0.15, 0.2) is 18.1 Å². The molecule has 0 aliphatic carbocycles. The molecule has 0 radical (unpaired) electrons. The van der Waals surface area contributed by atoms with Crippen molar-refractivity contribution in [2.75, 3.05) is 20.0 Å². The largest absolute Gasteiger partial charge is 0.493 e. The second-order valence-electron chi connectivity index (χ2n) is 5.22. The summed E-state index contributed by atoms with van der Waals surface area (Å²) in [6.45, 7) is 2.40. The number of amides is 1. The molecule has 1 amide bonds. The van der Waals surface area contributed by atoms with Gasteiger partial charge in [0.1, 0.15) is 11.5 Å². The van der Waals surface area contributed by atoms with Crippen molar-refractivity contribution < 1.29 is 23.7 Å². The Hall–Kier alpha value is -2.74.